The molecule has 2 N–H and O–H groups in total. The van der Waals surface area contributed by atoms with Crippen molar-refractivity contribution in [3.8, 4) is 0 Å². The van der Waals surface area contributed by atoms with Crippen LogP contribution >= 0.6 is 0 Å². The van der Waals surface area contributed by atoms with Gasteiger partial charge in [0.25, 0.3) is 0 Å². The van der Waals surface area contributed by atoms with Crippen molar-refractivity contribution < 1.29 is 9.90 Å². The fourth-order valence-corrected chi connectivity index (χ4v) is 2.39. The van der Waals surface area contributed by atoms with Crippen LogP contribution in [0.25, 0.3) is 0 Å². The Morgan fingerprint density at radius 3 is 2.32 bits per heavy atom. The van der Waals surface area contributed by atoms with Crippen molar-refractivity contribution in [2.45, 2.75) is 32.2 Å². The normalized spacial score (nSPS) is 11.9. The molecule has 2 aromatic carbocycles. The van der Waals surface area contributed by atoms with Gasteiger partial charge in [0.15, 0.2) is 0 Å². The number of hydrogen-bond acceptors (Lipinski definition) is 2. The summed E-state index contributed by atoms with van der Waals surface area (Å²) < 4.78 is 0. The molecule has 2 rings (SSSR count). The maximum absolute atomic E-state index is 12.1. The Bertz CT molecular complexity index is 578. The zero-order chi connectivity index (χ0) is 15.8. The molecule has 116 valence electrons. The monoisotopic (exact) mass is 297 g/mol. The van der Waals surface area contributed by atoms with Crippen LogP contribution < -0.4 is 5.32 Å². The van der Waals surface area contributed by atoms with E-state index in [1.165, 1.54) is 5.56 Å². The molecule has 0 aromatic heterocycles. The van der Waals surface area contributed by atoms with Crippen LogP contribution in [0, 0.1) is 0 Å². The predicted octanol–water partition coefficient (Wildman–Crippen LogP) is 3.03. The summed E-state index contributed by atoms with van der Waals surface area (Å²) in [6.07, 6.45) is 2.11. The van der Waals surface area contributed by atoms with Gasteiger partial charge in [-0.15, -0.1) is 0 Å². The molecule has 1 atom stereocenters. The Kier molecular flexibility index (Phi) is 6.16. The van der Waals surface area contributed by atoms with E-state index in [1.807, 2.05) is 54.6 Å². The van der Waals surface area contributed by atoms with Crippen LogP contribution in [0.1, 0.15) is 36.1 Å². The molecule has 2 aromatic rings. The van der Waals surface area contributed by atoms with E-state index in [9.17, 15) is 9.90 Å². The Labute approximate surface area is 132 Å². The van der Waals surface area contributed by atoms with E-state index < -0.39 is 0 Å². The van der Waals surface area contributed by atoms with Gasteiger partial charge in [-0.25, -0.2) is 0 Å². The van der Waals surface area contributed by atoms with Crippen LogP contribution in [-0.4, -0.2) is 17.6 Å². The first kappa shape index (κ1) is 16.2. The average Bonchev–Trinajstić information content (AvgIpc) is 2.59. The molecule has 22 heavy (non-hydrogen) atoms. The molecule has 0 saturated heterocycles. The van der Waals surface area contributed by atoms with Crippen molar-refractivity contribution in [3.05, 3.63) is 71.3 Å². The minimum atomic E-state index is -0.339. The van der Waals surface area contributed by atoms with Gasteiger partial charge in [0.05, 0.1) is 12.6 Å². The van der Waals surface area contributed by atoms with Crippen molar-refractivity contribution in [2.24, 2.45) is 0 Å². The number of aryl methyl sites for hydroxylation is 2. The lowest BCUT2D eigenvalue weighted by Crippen LogP contribution is -2.30. The number of amides is 1. The second-order valence-electron chi connectivity index (χ2n) is 5.38. The predicted molar refractivity (Wildman–Crippen MR) is 88.6 cm³/mol. The van der Waals surface area contributed by atoms with Gasteiger partial charge in [-0.3, -0.25) is 4.79 Å². The quantitative estimate of drug-likeness (QED) is 0.825. The van der Waals surface area contributed by atoms with Gasteiger partial charge in [-0.2, -0.15) is 0 Å². The van der Waals surface area contributed by atoms with E-state index >= 15 is 0 Å². The summed E-state index contributed by atoms with van der Waals surface area (Å²) in [6, 6.07) is 17.6. The molecule has 0 radical (unpaired) electrons. The van der Waals surface area contributed by atoms with E-state index in [0.29, 0.717) is 12.8 Å². The van der Waals surface area contributed by atoms with Crippen molar-refractivity contribution in [3.63, 3.8) is 0 Å². The molecule has 0 fully saturated rings. The maximum Gasteiger partial charge on any atom is 0.220 e. The minimum Gasteiger partial charge on any atom is -0.394 e. The molecule has 0 aliphatic heterocycles. The van der Waals surface area contributed by atoms with Crippen LogP contribution in [0.5, 0.6) is 0 Å². The molecule has 0 aliphatic rings. The zero-order valence-electron chi connectivity index (χ0n) is 13.0. The van der Waals surface area contributed by atoms with Crippen LogP contribution in [0.3, 0.4) is 0 Å². The van der Waals surface area contributed by atoms with Crippen molar-refractivity contribution in [2.75, 3.05) is 6.61 Å². The topological polar surface area (TPSA) is 49.3 Å². The molecule has 0 saturated carbocycles. The first-order valence-electron chi connectivity index (χ1n) is 7.76. The van der Waals surface area contributed by atoms with Gasteiger partial charge in [0.2, 0.25) is 5.91 Å². The second kappa shape index (κ2) is 8.35. The molecule has 3 nitrogen and oxygen atoms in total. The largest absolute Gasteiger partial charge is 0.394 e. The number of carbonyl (C=O) groups excluding carboxylic acids is 1. The summed E-state index contributed by atoms with van der Waals surface area (Å²) in [5, 5.41) is 12.4. The minimum absolute atomic E-state index is 0.0394. The molecule has 3 heteroatoms. The third kappa shape index (κ3) is 4.71. The zero-order valence-corrected chi connectivity index (χ0v) is 13.0. The third-order valence-corrected chi connectivity index (χ3v) is 3.79. The molecule has 0 bridgehead atoms. The van der Waals surface area contributed by atoms with Gasteiger partial charge in [0, 0.05) is 6.42 Å². The van der Waals surface area contributed by atoms with Gasteiger partial charge in [0.1, 0.15) is 0 Å². The van der Waals surface area contributed by atoms with Crippen molar-refractivity contribution >= 4 is 5.91 Å². The first-order valence-corrected chi connectivity index (χ1v) is 7.76. The van der Waals surface area contributed by atoms with Crippen LogP contribution in [0.2, 0.25) is 0 Å². The number of rotatable bonds is 7. The Hall–Kier alpha value is -2.13. The lowest BCUT2D eigenvalue weighted by atomic mass is 10.0. The molecule has 1 unspecified atom stereocenters. The summed E-state index contributed by atoms with van der Waals surface area (Å²) in [5.74, 6) is -0.0394. The highest BCUT2D eigenvalue weighted by molar-refractivity contribution is 5.76. The summed E-state index contributed by atoms with van der Waals surface area (Å²) in [7, 11) is 0. The summed E-state index contributed by atoms with van der Waals surface area (Å²) in [5.41, 5.74) is 3.33. The number of hydrogen-bond donors (Lipinski definition) is 2. The lowest BCUT2D eigenvalue weighted by molar-refractivity contribution is -0.122. The molecular weight excluding hydrogens is 274 g/mol. The van der Waals surface area contributed by atoms with E-state index in [4.69, 9.17) is 0 Å². The van der Waals surface area contributed by atoms with Gasteiger partial charge in [-0.05, 0) is 29.5 Å². The highest BCUT2D eigenvalue weighted by Crippen LogP contribution is 2.14. The molecular formula is C19H23NO2. The lowest BCUT2D eigenvalue weighted by Gasteiger charge is -2.17. The van der Waals surface area contributed by atoms with E-state index in [0.717, 1.165) is 17.5 Å². The summed E-state index contributed by atoms with van der Waals surface area (Å²) in [4.78, 5) is 12.1. The van der Waals surface area contributed by atoms with E-state index in [-0.39, 0.29) is 18.6 Å². The highest BCUT2D eigenvalue weighted by atomic mass is 16.3. The maximum atomic E-state index is 12.1. The second-order valence-corrected chi connectivity index (χ2v) is 5.38. The van der Waals surface area contributed by atoms with Crippen LogP contribution in [0.15, 0.2) is 54.6 Å². The Morgan fingerprint density at radius 2 is 1.73 bits per heavy atom. The first-order chi connectivity index (χ1) is 10.7. The van der Waals surface area contributed by atoms with Gasteiger partial charge in [-0.1, -0.05) is 61.5 Å². The summed E-state index contributed by atoms with van der Waals surface area (Å²) in [6.45, 7) is 2.01. The Balaban J connectivity index is 1.90. The molecule has 0 spiro atoms. The SMILES string of the molecule is CCc1ccc(C(CO)NC(=O)CCc2ccccc2)cc1. The number of aliphatic hydroxyl groups is 1. The van der Waals surface area contributed by atoms with E-state index in [2.05, 4.69) is 12.2 Å². The van der Waals surface area contributed by atoms with Crippen LogP contribution in [0.4, 0.5) is 0 Å². The van der Waals surface area contributed by atoms with Gasteiger partial charge >= 0.3 is 0 Å². The fourth-order valence-electron chi connectivity index (χ4n) is 2.39. The number of aliphatic hydroxyl groups excluding tert-OH is 1. The summed E-state index contributed by atoms with van der Waals surface area (Å²) >= 11 is 0. The standard InChI is InChI=1S/C19H23NO2/c1-2-15-8-11-17(12-9-15)18(14-21)20-19(22)13-10-16-6-4-3-5-7-16/h3-9,11-12,18,21H,2,10,13-14H2,1H3,(H,20,22). The average molecular weight is 297 g/mol. The molecule has 0 heterocycles. The molecule has 0 aliphatic carbocycles. The highest BCUT2D eigenvalue weighted by Gasteiger charge is 2.13. The molecule has 1 amide bonds. The fraction of sp³-hybridized carbons (Fsp3) is 0.316. The Morgan fingerprint density at radius 1 is 1.05 bits per heavy atom. The number of carbonyl (C=O) groups is 1. The van der Waals surface area contributed by atoms with E-state index in [1.54, 1.807) is 0 Å². The smallest absolute Gasteiger partial charge is 0.220 e. The van der Waals surface area contributed by atoms with Crippen LogP contribution in [-0.2, 0) is 17.6 Å². The van der Waals surface area contributed by atoms with Gasteiger partial charge < -0.3 is 10.4 Å². The number of benzene rings is 2. The third-order valence-electron chi connectivity index (χ3n) is 3.79. The number of nitrogens with one attached hydrogen (secondary N) is 1. The van der Waals surface area contributed by atoms with Crippen molar-refractivity contribution in [1.29, 1.82) is 0 Å². The van der Waals surface area contributed by atoms with Crippen molar-refractivity contribution in [1.82, 2.24) is 5.32 Å².